The number of methoxy groups -OCH3 is 1. The summed E-state index contributed by atoms with van der Waals surface area (Å²) in [6, 6.07) is 0. The Morgan fingerprint density at radius 1 is 1.42 bits per heavy atom. The van der Waals surface area contributed by atoms with Gasteiger partial charge in [0.2, 0.25) is 0 Å². The lowest BCUT2D eigenvalue weighted by Gasteiger charge is -2.11. The third kappa shape index (κ3) is 1.43. The van der Waals surface area contributed by atoms with Crippen LogP contribution in [0.4, 0.5) is 0 Å². The minimum absolute atomic E-state index is 0.538. The number of aliphatic hydroxyl groups excluding tert-OH is 2. The van der Waals surface area contributed by atoms with Gasteiger partial charge in [-0.25, -0.2) is 4.79 Å². The first-order chi connectivity index (χ1) is 5.57. The standard InChI is InChI=1S/C7H12O5/c1-3-4(8)5(9)6(12-3)7(10)11-2/h3-6,8-9H,1-2H3/t3-,4?,5?,6-/m0/s1. The first kappa shape index (κ1) is 9.44. The molecular weight excluding hydrogens is 164 g/mol. The number of esters is 1. The summed E-state index contributed by atoms with van der Waals surface area (Å²) < 4.78 is 9.33. The van der Waals surface area contributed by atoms with Crippen LogP contribution in [-0.2, 0) is 14.3 Å². The third-order valence-electron chi connectivity index (χ3n) is 1.94. The normalized spacial score (nSPS) is 41.3. The van der Waals surface area contributed by atoms with Crippen molar-refractivity contribution in [2.75, 3.05) is 7.11 Å². The fourth-order valence-corrected chi connectivity index (χ4v) is 1.16. The maximum absolute atomic E-state index is 10.9. The highest BCUT2D eigenvalue weighted by Gasteiger charge is 2.44. The average molecular weight is 176 g/mol. The van der Waals surface area contributed by atoms with Gasteiger partial charge in [-0.3, -0.25) is 0 Å². The van der Waals surface area contributed by atoms with Gasteiger partial charge in [0, 0.05) is 0 Å². The summed E-state index contributed by atoms with van der Waals surface area (Å²) in [5, 5.41) is 18.5. The summed E-state index contributed by atoms with van der Waals surface area (Å²) in [6.45, 7) is 1.58. The van der Waals surface area contributed by atoms with Crippen molar-refractivity contribution >= 4 is 5.97 Å². The molecular formula is C7H12O5. The first-order valence-electron chi connectivity index (χ1n) is 3.67. The highest BCUT2D eigenvalue weighted by molar-refractivity contribution is 5.75. The van der Waals surface area contributed by atoms with E-state index in [0.717, 1.165) is 0 Å². The van der Waals surface area contributed by atoms with Crippen LogP contribution < -0.4 is 0 Å². The Bertz CT molecular complexity index is 181. The van der Waals surface area contributed by atoms with E-state index in [9.17, 15) is 15.0 Å². The van der Waals surface area contributed by atoms with E-state index in [4.69, 9.17) is 4.74 Å². The second-order valence-corrected chi connectivity index (χ2v) is 2.77. The fraction of sp³-hybridized carbons (Fsp3) is 0.857. The molecule has 1 aliphatic rings. The lowest BCUT2D eigenvalue weighted by molar-refractivity contribution is -0.156. The lowest BCUT2D eigenvalue weighted by atomic mass is 10.1. The zero-order valence-corrected chi connectivity index (χ0v) is 6.93. The molecule has 1 saturated heterocycles. The Kier molecular flexibility index (Phi) is 2.66. The van der Waals surface area contributed by atoms with Gasteiger partial charge >= 0.3 is 5.97 Å². The van der Waals surface area contributed by atoms with Gasteiger partial charge in [0.15, 0.2) is 6.10 Å². The van der Waals surface area contributed by atoms with Gasteiger partial charge in [0.1, 0.15) is 12.2 Å². The molecule has 2 N–H and O–H groups in total. The van der Waals surface area contributed by atoms with Crippen LogP contribution in [0.2, 0.25) is 0 Å². The summed E-state index contributed by atoms with van der Waals surface area (Å²) in [5.74, 6) is -0.661. The Hall–Kier alpha value is -0.650. The molecule has 5 heteroatoms. The van der Waals surface area contributed by atoms with Crippen molar-refractivity contribution in [1.82, 2.24) is 0 Å². The average Bonchev–Trinajstić information content (AvgIpc) is 2.32. The van der Waals surface area contributed by atoms with Gasteiger partial charge in [-0.05, 0) is 6.92 Å². The monoisotopic (exact) mass is 176 g/mol. The van der Waals surface area contributed by atoms with Crippen LogP contribution >= 0.6 is 0 Å². The Balaban J connectivity index is 2.64. The number of hydrogen-bond donors (Lipinski definition) is 2. The zero-order chi connectivity index (χ0) is 9.30. The zero-order valence-electron chi connectivity index (χ0n) is 6.93. The van der Waals surface area contributed by atoms with E-state index >= 15 is 0 Å². The van der Waals surface area contributed by atoms with Gasteiger partial charge in [-0.15, -0.1) is 0 Å². The quantitative estimate of drug-likeness (QED) is 0.484. The summed E-state index contributed by atoms with van der Waals surface area (Å²) in [7, 11) is 1.20. The molecule has 70 valence electrons. The molecule has 5 nitrogen and oxygen atoms in total. The third-order valence-corrected chi connectivity index (χ3v) is 1.94. The Morgan fingerprint density at radius 3 is 2.33 bits per heavy atom. The molecule has 0 aliphatic carbocycles. The van der Waals surface area contributed by atoms with Crippen molar-refractivity contribution in [1.29, 1.82) is 0 Å². The molecule has 1 rings (SSSR count). The van der Waals surface area contributed by atoms with Crippen molar-refractivity contribution in [2.45, 2.75) is 31.3 Å². The number of aliphatic hydroxyl groups is 2. The minimum Gasteiger partial charge on any atom is -0.467 e. The highest BCUT2D eigenvalue weighted by Crippen LogP contribution is 2.21. The summed E-state index contributed by atoms with van der Waals surface area (Å²) in [6.07, 6.45) is -3.80. The number of carbonyl (C=O) groups is 1. The molecule has 0 amide bonds. The predicted octanol–water partition coefficient (Wildman–Crippen LogP) is -1.33. The van der Waals surface area contributed by atoms with E-state index in [1.165, 1.54) is 7.11 Å². The van der Waals surface area contributed by atoms with Crippen molar-refractivity contribution in [2.24, 2.45) is 0 Å². The molecule has 0 radical (unpaired) electrons. The van der Waals surface area contributed by atoms with Crippen LogP contribution in [0.5, 0.6) is 0 Å². The van der Waals surface area contributed by atoms with Gasteiger partial charge in [-0.2, -0.15) is 0 Å². The van der Waals surface area contributed by atoms with E-state index in [0.29, 0.717) is 0 Å². The smallest absolute Gasteiger partial charge is 0.337 e. The van der Waals surface area contributed by atoms with E-state index in [1.54, 1.807) is 6.92 Å². The summed E-state index contributed by atoms with van der Waals surface area (Å²) >= 11 is 0. The molecule has 0 bridgehead atoms. The van der Waals surface area contributed by atoms with Crippen molar-refractivity contribution in [3.05, 3.63) is 0 Å². The largest absolute Gasteiger partial charge is 0.467 e. The molecule has 0 aromatic heterocycles. The fourth-order valence-electron chi connectivity index (χ4n) is 1.16. The molecule has 0 saturated carbocycles. The highest BCUT2D eigenvalue weighted by atomic mass is 16.6. The maximum atomic E-state index is 10.9. The van der Waals surface area contributed by atoms with Crippen LogP contribution in [0.15, 0.2) is 0 Å². The molecule has 12 heavy (non-hydrogen) atoms. The predicted molar refractivity (Wildman–Crippen MR) is 38.4 cm³/mol. The molecule has 0 spiro atoms. The van der Waals surface area contributed by atoms with Crippen molar-refractivity contribution in [3.63, 3.8) is 0 Å². The second kappa shape index (κ2) is 3.38. The number of ether oxygens (including phenoxy) is 2. The molecule has 0 aromatic rings. The number of rotatable bonds is 1. The van der Waals surface area contributed by atoms with E-state index in [-0.39, 0.29) is 0 Å². The molecule has 1 aliphatic heterocycles. The van der Waals surface area contributed by atoms with Gasteiger partial charge in [0.25, 0.3) is 0 Å². The SMILES string of the molecule is COC(=O)[C@H]1O[C@@H](C)C(O)C1O. The van der Waals surface area contributed by atoms with E-state index < -0.39 is 30.4 Å². The number of carbonyl (C=O) groups excluding carboxylic acids is 1. The first-order valence-corrected chi connectivity index (χ1v) is 3.67. The molecule has 1 fully saturated rings. The maximum Gasteiger partial charge on any atom is 0.337 e. The van der Waals surface area contributed by atoms with Crippen LogP contribution in [0.3, 0.4) is 0 Å². The van der Waals surface area contributed by atoms with Gasteiger partial charge < -0.3 is 19.7 Å². The number of hydrogen-bond acceptors (Lipinski definition) is 5. The Morgan fingerprint density at radius 2 is 2.00 bits per heavy atom. The van der Waals surface area contributed by atoms with Crippen molar-refractivity contribution < 1.29 is 24.5 Å². The molecule has 0 aromatic carbocycles. The van der Waals surface area contributed by atoms with Crippen LogP contribution in [-0.4, -0.2) is 47.7 Å². The van der Waals surface area contributed by atoms with Crippen LogP contribution in [0.25, 0.3) is 0 Å². The molecule has 1 heterocycles. The van der Waals surface area contributed by atoms with E-state index in [1.807, 2.05) is 0 Å². The van der Waals surface area contributed by atoms with E-state index in [2.05, 4.69) is 4.74 Å². The molecule has 2 unspecified atom stereocenters. The Labute approximate surface area is 69.9 Å². The minimum atomic E-state index is -1.19. The summed E-state index contributed by atoms with van der Waals surface area (Å²) in [4.78, 5) is 10.9. The van der Waals surface area contributed by atoms with Gasteiger partial charge in [-0.1, -0.05) is 0 Å². The lowest BCUT2D eigenvalue weighted by Crippen LogP contribution is -2.36. The second-order valence-electron chi connectivity index (χ2n) is 2.77. The molecule has 4 atom stereocenters. The summed E-state index contributed by atoms with van der Waals surface area (Å²) in [5.41, 5.74) is 0. The van der Waals surface area contributed by atoms with Crippen LogP contribution in [0.1, 0.15) is 6.92 Å². The van der Waals surface area contributed by atoms with Crippen molar-refractivity contribution in [3.8, 4) is 0 Å². The van der Waals surface area contributed by atoms with Crippen LogP contribution in [0, 0.1) is 0 Å². The van der Waals surface area contributed by atoms with Gasteiger partial charge in [0.05, 0.1) is 13.2 Å². The topological polar surface area (TPSA) is 76.0 Å².